The van der Waals surface area contributed by atoms with Gasteiger partial charge in [-0.25, -0.2) is 0 Å². The molecule has 0 spiro atoms. The lowest BCUT2D eigenvalue weighted by Gasteiger charge is -2.12. The summed E-state index contributed by atoms with van der Waals surface area (Å²) >= 11 is 0. The van der Waals surface area contributed by atoms with E-state index < -0.39 is 0 Å². The maximum absolute atomic E-state index is 5.82. The molecule has 0 N–H and O–H groups in total. The average Bonchev–Trinajstić information content (AvgIpc) is 2.39. The van der Waals surface area contributed by atoms with Crippen LogP contribution in [0.25, 0.3) is 0 Å². The van der Waals surface area contributed by atoms with Gasteiger partial charge in [0.05, 0.1) is 13.2 Å². The third kappa shape index (κ3) is 4.82. The molecule has 0 amide bonds. The summed E-state index contributed by atoms with van der Waals surface area (Å²) in [5, 5.41) is 0. The molecule has 1 aromatic rings. The highest BCUT2D eigenvalue weighted by Gasteiger charge is 2.05. The minimum atomic E-state index is 0.745. The molecular formula is C16H24O2. The predicted molar refractivity (Wildman–Crippen MR) is 76.5 cm³/mol. The van der Waals surface area contributed by atoms with E-state index in [1.807, 2.05) is 18.2 Å². The molecule has 0 aliphatic carbocycles. The van der Waals surface area contributed by atoms with Gasteiger partial charge in [-0.2, -0.15) is 0 Å². The van der Waals surface area contributed by atoms with Crippen molar-refractivity contribution in [3.05, 3.63) is 36.4 Å². The highest BCUT2D eigenvalue weighted by atomic mass is 16.5. The third-order valence-electron chi connectivity index (χ3n) is 2.63. The van der Waals surface area contributed by atoms with E-state index in [1.165, 1.54) is 5.56 Å². The first kappa shape index (κ1) is 14.6. The molecule has 1 aromatic carbocycles. The maximum Gasteiger partial charge on any atom is 0.126 e. The summed E-state index contributed by atoms with van der Waals surface area (Å²) < 4.78 is 11.5. The Morgan fingerprint density at radius 1 is 1.11 bits per heavy atom. The smallest absolute Gasteiger partial charge is 0.126 e. The van der Waals surface area contributed by atoms with Crippen LogP contribution in [0.15, 0.2) is 30.9 Å². The van der Waals surface area contributed by atoms with E-state index in [9.17, 15) is 0 Å². The Kier molecular flexibility index (Phi) is 7.00. The van der Waals surface area contributed by atoms with Gasteiger partial charge in [0.1, 0.15) is 11.5 Å². The first-order valence-electron chi connectivity index (χ1n) is 6.81. The number of unbranched alkanes of at least 4 members (excludes halogenated alkanes) is 1. The SMILES string of the molecule is C=CCc1ccc(OCCC)cc1OCCCC. The van der Waals surface area contributed by atoms with Crippen molar-refractivity contribution >= 4 is 0 Å². The van der Waals surface area contributed by atoms with Gasteiger partial charge in [0, 0.05) is 6.07 Å². The van der Waals surface area contributed by atoms with Crippen LogP contribution in [-0.2, 0) is 6.42 Å². The zero-order valence-electron chi connectivity index (χ0n) is 11.6. The summed E-state index contributed by atoms with van der Waals surface area (Å²) in [6, 6.07) is 6.05. The Hall–Kier alpha value is -1.44. The Morgan fingerprint density at radius 2 is 1.94 bits per heavy atom. The van der Waals surface area contributed by atoms with Crippen molar-refractivity contribution in [2.45, 2.75) is 39.5 Å². The first-order chi connectivity index (χ1) is 8.81. The van der Waals surface area contributed by atoms with Gasteiger partial charge in [-0.05, 0) is 30.9 Å². The molecule has 0 atom stereocenters. The monoisotopic (exact) mass is 248 g/mol. The van der Waals surface area contributed by atoms with Crippen LogP contribution in [-0.4, -0.2) is 13.2 Å². The van der Waals surface area contributed by atoms with Gasteiger partial charge in [0.25, 0.3) is 0 Å². The van der Waals surface area contributed by atoms with Gasteiger partial charge in [0.2, 0.25) is 0 Å². The number of ether oxygens (including phenoxy) is 2. The number of rotatable bonds is 9. The molecule has 100 valence electrons. The molecule has 0 aliphatic rings. The summed E-state index contributed by atoms with van der Waals surface area (Å²) in [6.07, 6.45) is 5.96. The van der Waals surface area contributed by atoms with Crippen LogP contribution in [0.5, 0.6) is 11.5 Å². The van der Waals surface area contributed by atoms with Crippen molar-refractivity contribution in [2.75, 3.05) is 13.2 Å². The molecule has 0 radical (unpaired) electrons. The second-order valence-electron chi connectivity index (χ2n) is 4.31. The minimum Gasteiger partial charge on any atom is -0.493 e. The van der Waals surface area contributed by atoms with Crippen molar-refractivity contribution in [2.24, 2.45) is 0 Å². The highest BCUT2D eigenvalue weighted by Crippen LogP contribution is 2.26. The van der Waals surface area contributed by atoms with Gasteiger partial charge in [-0.15, -0.1) is 6.58 Å². The predicted octanol–water partition coefficient (Wildman–Crippen LogP) is 4.38. The van der Waals surface area contributed by atoms with Crippen LogP contribution in [0.3, 0.4) is 0 Å². The number of benzene rings is 1. The summed E-state index contributed by atoms with van der Waals surface area (Å²) in [5.74, 6) is 1.81. The molecule has 1 rings (SSSR count). The van der Waals surface area contributed by atoms with E-state index >= 15 is 0 Å². The molecule has 0 heterocycles. The fourth-order valence-electron chi connectivity index (χ4n) is 1.63. The molecule has 0 saturated carbocycles. The fraction of sp³-hybridized carbons (Fsp3) is 0.500. The van der Waals surface area contributed by atoms with Crippen LogP contribution in [0.1, 0.15) is 38.7 Å². The van der Waals surface area contributed by atoms with E-state index in [4.69, 9.17) is 9.47 Å². The molecule has 0 saturated heterocycles. The average molecular weight is 248 g/mol. The van der Waals surface area contributed by atoms with Gasteiger partial charge < -0.3 is 9.47 Å². The minimum absolute atomic E-state index is 0.745. The lowest BCUT2D eigenvalue weighted by Crippen LogP contribution is -2.01. The van der Waals surface area contributed by atoms with E-state index in [1.54, 1.807) is 0 Å². The second kappa shape index (κ2) is 8.62. The Bertz CT molecular complexity index is 358. The van der Waals surface area contributed by atoms with Crippen molar-refractivity contribution in [1.82, 2.24) is 0 Å². The van der Waals surface area contributed by atoms with Crippen LogP contribution < -0.4 is 9.47 Å². The summed E-state index contributed by atoms with van der Waals surface area (Å²) in [7, 11) is 0. The fourth-order valence-corrected chi connectivity index (χ4v) is 1.63. The van der Waals surface area contributed by atoms with Crippen LogP contribution in [0.4, 0.5) is 0 Å². The van der Waals surface area contributed by atoms with Gasteiger partial charge in [0.15, 0.2) is 0 Å². The van der Waals surface area contributed by atoms with Crippen molar-refractivity contribution < 1.29 is 9.47 Å². The van der Waals surface area contributed by atoms with Crippen molar-refractivity contribution in [3.8, 4) is 11.5 Å². The van der Waals surface area contributed by atoms with Crippen molar-refractivity contribution in [1.29, 1.82) is 0 Å². The van der Waals surface area contributed by atoms with Crippen molar-refractivity contribution in [3.63, 3.8) is 0 Å². The number of hydrogen-bond donors (Lipinski definition) is 0. The normalized spacial score (nSPS) is 10.1. The Morgan fingerprint density at radius 3 is 2.61 bits per heavy atom. The Labute approximate surface area is 111 Å². The number of allylic oxidation sites excluding steroid dienone is 1. The largest absolute Gasteiger partial charge is 0.493 e. The summed E-state index contributed by atoms with van der Waals surface area (Å²) in [6.45, 7) is 9.55. The van der Waals surface area contributed by atoms with Gasteiger partial charge in [-0.3, -0.25) is 0 Å². The molecule has 2 nitrogen and oxygen atoms in total. The van der Waals surface area contributed by atoms with E-state index in [-0.39, 0.29) is 0 Å². The lowest BCUT2D eigenvalue weighted by molar-refractivity contribution is 0.295. The molecule has 0 aromatic heterocycles. The van der Waals surface area contributed by atoms with E-state index in [2.05, 4.69) is 26.5 Å². The third-order valence-corrected chi connectivity index (χ3v) is 2.63. The van der Waals surface area contributed by atoms with Gasteiger partial charge in [-0.1, -0.05) is 32.4 Å². The standard InChI is InChI=1S/C16H24O2/c1-4-7-12-18-16-13-15(17-11-6-3)10-9-14(16)8-5-2/h5,9-10,13H,2,4,6-8,11-12H2,1,3H3. The van der Waals surface area contributed by atoms with Crippen LogP contribution in [0.2, 0.25) is 0 Å². The molecule has 0 aliphatic heterocycles. The second-order valence-corrected chi connectivity index (χ2v) is 4.31. The Balaban J connectivity index is 2.74. The summed E-state index contributed by atoms with van der Waals surface area (Å²) in [4.78, 5) is 0. The molecule has 2 heteroatoms. The van der Waals surface area contributed by atoms with E-state index in [0.29, 0.717) is 0 Å². The first-order valence-corrected chi connectivity index (χ1v) is 6.81. The van der Waals surface area contributed by atoms with Gasteiger partial charge >= 0.3 is 0 Å². The molecule has 18 heavy (non-hydrogen) atoms. The molecule has 0 unspecified atom stereocenters. The molecular weight excluding hydrogens is 224 g/mol. The summed E-state index contributed by atoms with van der Waals surface area (Å²) in [5.41, 5.74) is 1.17. The lowest BCUT2D eigenvalue weighted by atomic mass is 10.1. The zero-order chi connectivity index (χ0) is 13.2. The molecule has 0 fully saturated rings. The van der Waals surface area contributed by atoms with E-state index in [0.717, 1.165) is 50.4 Å². The maximum atomic E-state index is 5.82. The van der Waals surface area contributed by atoms with Crippen LogP contribution >= 0.6 is 0 Å². The molecule has 0 bridgehead atoms. The zero-order valence-corrected chi connectivity index (χ0v) is 11.6. The van der Waals surface area contributed by atoms with Crippen LogP contribution in [0, 0.1) is 0 Å². The number of hydrogen-bond acceptors (Lipinski definition) is 2. The highest BCUT2D eigenvalue weighted by molar-refractivity contribution is 5.41. The topological polar surface area (TPSA) is 18.5 Å². The quantitative estimate of drug-likeness (QED) is 0.477.